The van der Waals surface area contributed by atoms with Crippen LogP contribution in [0.5, 0.6) is 0 Å². The van der Waals surface area contributed by atoms with E-state index in [1.165, 1.54) is 0 Å². The second kappa shape index (κ2) is 8.35. The van der Waals surface area contributed by atoms with E-state index >= 15 is 0 Å². The van der Waals surface area contributed by atoms with Crippen molar-refractivity contribution >= 4 is 49.7 Å². The van der Waals surface area contributed by atoms with Crippen molar-refractivity contribution < 1.29 is 4.52 Å². The topological polar surface area (TPSA) is 35.2 Å². The zero-order chi connectivity index (χ0) is 21.1. The standard InChI is InChI=1S/C26H25BrNOP/c1-29-30(21-12-5-2-6-13-21,22-14-7-3-8-15-22,23-16-9-4-10-17-23)26-19-11-18-25(28)24(26)20-27/h2-19H,20,28H2,1H3. The molecule has 4 aromatic rings. The first-order chi connectivity index (χ1) is 14.7. The maximum atomic E-state index is 6.92. The number of hydrogen-bond acceptors (Lipinski definition) is 2. The summed E-state index contributed by atoms with van der Waals surface area (Å²) in [5.74, 6) is 0. The Hall–Kier alpha value is -2.45. The molecule has 152 valence electrons. The third kappa shape index (κ3) is 2.85. The van der Waals surface area contributed by atoms with Gasteiger partial charge in [-0.1, -0.05) is 0 Å². The number of anilines is 1. The van der Waals surface area contributed by atoms with E-state index in [1.807, 2.05) is 37.4 Å². The van der Waals surface area contributed by atoms with E-state index in [0.717, 1.165) is 32.5 Å². The van der Waals surface area contributed by atoms with Crippen LogP contribution in [0.2, 0.25) is 0 Å². The summed E-state index contributed by atoms with van der Waals surface area (Å²) < 4.78 is 6.92. The molecule has 0 saturated carbocycles. The molecule has 4 rings (SSSR count). The van der Waals surface area contributed by atoms with Crippen LogP contribution in [-0.4, -0.2) is 7.11 Å². The van der Waals surface area contributed by atoms with Gasteiger partial charge in [0, 0.05) is 0 Å². The molecule has 0 heterocycles. The van der Waals surface area contributed by atoms with Crippen LogP contribution in [0.1, 0.15) is 5.56 Å². The Balaban J connectivity index is 2.33. The molecule has 0 aliphatic carbocycles. The van der Waals surface area contributed by atoms with E-state index < -0.39 is 6.83 Å². The minimum absolute atomic E-state index is 0.642. The van der Waals surface area contributed by atoms with Gasteiger partial charge in [0.05, 0.1) is 0 Å². The summed E-state index contributed by atoms with van der Waals surface area (Å²) in [6, 6.07) is 37.9. The fraction of sp³-hybridized carbons (Fsp3) is 0.0769. The first kappa shape index (κ1) is 20.8. The predicted octanol–water partition coefficient (Wildman–Crippen LogP) is 4.88. The van der Waals surface area contributed by atoms with Crippen molar-refractivity contribution in [2.45, 2.75) is 5.33 Å². The number of alkyl halides is 1. The molecule has 0 amide bonds. The van der Waals surface area contributed by atoms with E-state index in [1.54, 1.807) is 0 Å². The van der Waals surface area contributed by atoms with Crippen LogP contribution in [0, 0.1) is 0 Å². The Labute approximate surface area is 186 Å². The first-order valence-corrected chi connectivity index (χ1v) is 13.1. The van der Waals surface area contributed by atoms with Gasteiger partial charge in [-0.25, -0.2) is 0 Å². The SMILES string of the molecule is COP(c1ccccc1)(c1ccccc1)(c1ccccc1)c1cccc(N)c1CBr. The van der Waals surface area contributed by atoms with Crippen LogP contribution in [0.15, 0.2) is 109 Å². The van der Waals surface area contributed by atoms with Gasteiger partial charge < -0.3 is 0 Å². The molecule has 0 aromatic heterocycles. The summed E-state index contributed by atoms with van der Waals surface area (Å²) in [4.78, 5) is 0. The molecule has 0 aliphatic heterocycles. The predicted molar refractivity (Wildman–Crippen MR) is 135 cm³/mol. The van der Waals surface area contributed by atoms with E-state index in [-0.39, 0.29) is 0 Å². The van der Waals surface area contributed by atoms with Crippen LogP contribution in [0.3, 0.4) is 0 Å². The Kier molecular flexibility index (Phi) is 5.79. The van der Waals surface area contributed by atoms with E-state index in [0.29, 0.717) is 5.33 Å². The fourth-order valence-corrected chi connectivity index (χ4v) is 11.3. The quantitative estimate of drug-likeness (QED) is 0.244. The van der Waals surface area contributed by atoms with Gasteiger partial charge in [0.2, 0.25) is 0 Å². The van der Waals surface area contributed by atoms with E-state index in [9.17, 15) is 0 Å². The molecule has 0 radical (unpaired) electrons. The van der Waals surface area contributed by atoms with Crippen LogP contribution in [0.25, 0.3) is 0 Å². The second-order valence-corrected chi connectivity index (χ2v) is 12.2. The van der Waals surface area contributed by atoms with Crippen molar-refractivity contribution in [2.24, 2.45) is 0 Å². The molecule has 0 unspecified atom stereocenters. The maximum absolute atomic E-state index is 6.92. The fourth-order valence-electron chi connectivity index (χ4n) is 4.55. The molecule has 0 spiro atoms. The number of halogens is 1. The zero-order valence-corrected chi connectivity index (χ0v) is 19.4. The van der Waals surface area contributed by atoms with E-state index in [4.69, 9.17) is 10.3 Å². The van der Waals surface area contributed by atoms with Crippen molar-refractivity contribution in [3.63, 3.8) is 0 Å². The Bertz CT molecular complexity index is 1030. The Morgan fingerprint density at radius 3 is 1.47 bits per heavy atom. The number of rotatable bonds is 6. The van der Waals surface area contributed by atoms with Gasteiger partial charge in [-0.15, -0.1) is 0 Å². The summed E-state index contributed by atoms with van der Waals surface area (Å²) in [6.45, 7) is -3.56. The summed E-state index contributed by atoms with van der Waals surface area (Å²) >= 11 is 3.71. The molecule has 0 bridgehead atoms. The zero-order valence-electron chi connectivity index (χ0n) is 16.9. The molecular weight excluding hydrogens is 453 g/mol. The van der Waals surface area contributed by atoms with Gasteiger partial charge in [0.25, 0.3) is 0 Å². The third-order valence-electron chi connectivity index (χ3n) is 5.89. The monoisotopic (exact) mass is 477 g/mol. The average Bonchev–Trinajstić information content (AvgIpc) is 2.83. The minimum atomic E-state index is -3.56. The summed E-state index contributed by atoms with van der Waals surface area (Å²) in [5, 5.41) is 5.22. The van der Waals surface area contributed by atoms with Crippen LogP contribution >= 0.6 is 22.8 Å². The van der Waals surface area contributed by atoms with Gasteiger partial charge in [-0.2, -0.15) is 0 Å². The van der Waals surface area contributed by atoms with Crippen LogP contribution < -0.4 is 27.0 Å². The molecule has 2 nitrogen and oxygen atoms in total. The van der Waals surface area contributed by atoms with Crippen molar-refractivity contribution in [1.29, 1.82) is 0 Å². The summed E-state index contributed by atoms with van der Waals surface area (Å²) in [6.07, 6.45) is 0. The molecule has 4 aromatic carbocycles. The molecule has 0 saturated heterocycles. The molecular formula is C26H25BrNOP. The number of nitrogen functional groups attached to an aromatic ring is 1. The molecule has 0 atom stereocenters. The number of benzene rings is 4. The Morgan fingerprint density at radius 2 is 1.10 bits per heavy atom. The second-order valence-electron chi connectivity index (χ2n) is 7.20. The van der Waals surface area contributed by atoms with E-state index in [2.05, 4.69) is 94.8 Å². The average molecular weight is 478 g/mol. The van der Waals surface area contributed by atoms with Crippen LogP contribution in [-0.2, 0) is 9.85 Å². The normalized spacial score (nSPS) is 12.8. The molecule has 30 heavy (non-hydrogen) atoms. The van der Waals surface area contributed by atoms with Crippen molar-refractivity contribution in [1.82, 2.24) is 0 Å². The van der Waals surface area contributed by atoms with Crippen molar-refractivity contribution in [3.05, 3.63) is 115 Å². The molecule has 0 fully saturated rings. The van der Waals surface area contributed by atoms with Gasteiger partial charge >= 0.3 is 187 Å². The van der Waals surface area contributed by atoms with Crippen molar-refractivity contribution in [2.75, 3.05) is 12.8 Å². The Morgan fingerprint density at radius 1 is 0.667 bits per heavy atom. The number of nitrogens with two attached hydrogens (primary N) is 1. The molecule has 4 heteroatoms. The number of hydrogen-bond donors (Lipinski definition) is 1. The first-order valence-electron chi connectivity index (χ1n) is 9.87. The van der Waals surface area contributed by atoms with Crippen LogP contribution in [0.4, 0.5) is 5.69 Å². The summed E-state index contributed by atoms with van der Waals surface area (Å²) in [5.41, 5.74) is 8.34. The van der Waals surface area contributed by atoms with Gasteiger partial charge in [0.1, 0.15) is 0 Å². The molecule has 2 N–H and O–H groups in total. The van der Waals surface area contributed by atoms with Crippen molar-refractivity contribution in [3.8, 4) is 0 Å². The van der Waals surface area contributed by atoms with Gasteiger partial charge in [-0.3, -0.25) is 0 Å². The summed E-state index contributed by atoms with van der Waals surface area (Å²) in [7, 11) is 1.84. The molecule has 0 aliphatic rings. The third-order valence-corrected chi connectivity index (χ3v) is 12.4. The van der Waals surface area contributed by atoms with Gasteiger partial charge in [-0.05, 0) is 0 Å². The van der Waals surface area contributed by atoms with Gasteiger partial charge in [0.15, 0.2) is 0 Å².